The minimum atomic E-state index is 0.0790. The van der Waals surface area contributed by atoms with E-state index in [4.69, 9.17) is 5.73 Å². The molecular formula is C14H23N3O. The van der Waals surface area contributed by atoms with E-state index >= 15 is 0 Å². The average molecular weight is 249 g/mol. The van der Waals surface area contributed by atoms with E-state index in [9.17, 15) is 4.79 Å². The number of rotatable bonds is 3. The lowest BCUT2D eigenvalue weighted by molar-refractivity contribution is -0.119. The Kier molecular flexibility index (Phi) is 4.33. The molecule has 1 heterocycles. The average Bonchev–Trinajstić information content (AvgIpc) is 2.27. The maximum Gasteiger partial charge on any atom is 0.227 e. The smallest absolute Gasteiger partial charge is 0.227 e. The summed E-state index contributed by atoms with van der Waals surface area (Å²) in [4.78, 5) is 17.7. The van der Waals surface area contributed by atoms with E-state index in [0.717, 1.165) is 5.69 Å². The molecule has 0 aliphatic carbocycles. The molecular weight excluding hydrogens is 226 g/mol. The number of hydrogen-bond acceptors (Lipinski definition) is 3. The lowest BCUT2D eigenvalue weighted by Crippen LogP contribution is -2.31. The summed E-state index contributed by atoms with van der Waals surface area (Å²) in [5, 5.41) is 0. The van der Waals surface area contributed by atoms with Crippen LogP contribution in [0.15, 0.2) is 18.5 Å². The van der Waals surface area contributed by atoms with Gasteiger partial charge in [-0.1, -0.05) is 27.7 Å². The molecule has 0 aromatic carbocycles. The number of nitrogens with two attached hydrogens (primary N) is 1. The van der Waals surface area contributed by atoms with Crippen LogP contribution in [0.2, 0.25) is 0 Å². The van der Waals surface area contributed by atoms with Crippen LogP contribution in [0.3, 0.4) is 0 Å². The fraction of sp³-hybridized carbons (Fsp3) is 0.571. The van der Waals surface area contributed by atoms with Gasteiger partial charge in [-0.25, -0.2) is 0 Å². The maximum absolute atomic E-state index is 12.2. The van der Waals surface area contributed by atoms with Gasteiger partial charge in [0, 0.05) is 19.7 Å². The summed E-state index contributed by atoms with van der Waals surface area (Å²) in [6.45, 7) is 8.53. The summed E-state index contributed by atoms with van der Waals surface area (Å²) in [5.74, 6) is 0.394. The number of nitrogens with zero attached hydrogens (tertiary/aromatic N) is 2. The fourth-order valence-corrected chi connectivity index (χ4v) is 1.54. The van der Waals surface area contributed by atoms with Crippen LogP contribution >= 0.6 is 0 Å². The van der Waals surface area contributed by atoms with Crippen molar-refractivity contribution in [2.24, 2.45) is 11.3 Å². The van der Waals surface area contributed by atoms with Crippen molar-refractivity contribution in [3.05, 3.63) is 18.5 Å². The molecule has 1 rings (SSSR count). The first kappa shape index (κ1) is 14.5. The van der Waals surface area contributed by atoms with E-state index in [0.29, 0.717) is 18.0 Å². The second-order valence-corrected chi connectivity index (χ2v) is 5.86. The van der Waals surface area contributed by atoms with Gasteiger partial charge in [-0.05, 0) is 17.4 Å². The second-order valence-electron chi connectivity index (χ2n) is 5.86. The monoisotopic (exact) mass is 249 g/mol. The van der Waals surface area contributed by atoms with Crippen LogP contribution < -0.4 is 10.6 Å². The quantitative estimate of drug-likeness (QED) is 0.896. The van der Waals surface area contributed by atoms with Crippen LogP contribution in [0.1, 0.15) is 34.1 Å². The number of hydrogen-bond donors (Lipinski definition) is 1. The van der Waals surface area contributed by atoms with Crippen molar-refractivity contribution in [3.63, 3.8) is 0 Å². The topological polar surface area (TPSA) is 59.2 Å². The van der Waals surface area contributed by atoms with Crippen molar-refractivity contribution < 1.29 is 4.79 Å². The lowest BCUT2D eigenvalue weighted by Gasteiger charge is -2.28. The zero-order valence-electron chi connectivity index (χ0n) is 11.9. The standard InChI is InChI=1S/C14H23N3O/c1-10(14(2,3)4)8-13(18)17(5)12-6-7-16-9-11(12)15/h6-7,9-10H,8,15H2,1-5H3. The third-order valence-electron chi connectivity index (χ3n) is 3.52. The van der Waals surface area contributed by atoms with Gasteiger partial charge >= 0.3 is 0 Å². The summed E-state index contributed by atoms with van der Waals surface area (Å²) in [7, 11) is 1.75. The van der Waals surface area contributed by atoms with Gasteiger partial charge in [0.05, 0.1) is 17.6 Å². The number of carbonyl (C=O) groups is 1. The number of amides is 1. The third kappa shape index (κ3) is 3.45. The van der Waals surface area contributed by atoms with Crippen molar-refractivity contribution in [1.29, 1.82) is 0 Å². The molecule has 0 spiro atoms. The molecule has 1 amide bonds. The van der Waals surface area contributed by atoms with E-state index in [1.54, 1.807) is 30.4 Å². The molecule has 1 unspecified atom stereocenters. The predicted octanol–water partition coefficient (Wildman–Crippen LogP) is 2.70. The third-order valence-corrected chi connectivity index (χ3v) is 3.52. The first-order valence-corrected chi connectivity index (χ1v) is 6.19. The Bertz CT molecular complexity index is 423. The molecule has 1 aromatic heterocycles. The van der Waals surface area contributed by atoms with Gasteiger partial charge in [-0.3, -0.25) is 9.78 Å². The van der Waals surface area contributed by atoms with Crippen LogP contribution in [0.5, 0.6) is 0 Å². The number of nitrogen functional groups attached to an aromatic ring is 1. The van der Waals surface area contributed by atoms with Crippen molar-refractivity contribution in [1.82, 2.24) is 4.98 Å². The van der Waals surface area contributed by atoms with Crippen molar-refractivity contribution in [3.8, 4) is 0 Å². The van der Waals surface area contributed by atoms with Crippen LogP contribution in [0.4, 0.5) is 11.4 Å². The highest BCUT2D eigenvalue weighted by Crippen LogP contribution is 2.29. The minimum Gasteiger partial charge on any atom is -0.396 e. The van der Waals surface area contributed by atoms with E-state index in [2.05, 4.69) is 32.7 Å². The highest BCUT2D eigenvalue weighted by molar-refractivity contribution is 5.95. The van der Waals surface area contributed by atoms with Gasteiger partial charge in [0.1, 0.15) is 0 Å². The molecule has 4 nitrogen and oxygen atoms in total. The fourth-order valence-electron chi connectivity index (χ4n) is 1.54. The molecule has 0 saturated heterocycles. The van der Waals surface area contributed by atoms with Gasteiger partial charge in [-0.15, -0.1) is 0 Å². The summed E-state index contributed by atoms with van der Waals surface area (Å²) < 4.78 is 0. The zero-order valence-corrected chi connectivity index (χ0v) is 11.9. The Morgan fingerprint density at radius 2 is 2.11 bits per heavy atom. The largest absolute Gasteiger partial charge is 0.396 e. The Morgan fingerprint density at radius 3 is 2.61 bits per heavy atom. The summed E-state index contributed by atoms with van der Waals surface area (Å²) in [5.41, 5.74) is 7.19. The second kappa shape index (κ2) is 5.38. The van der Waals surface area contributed by atoms with Gasteiger partial charge < -0.3 is 10.6 Å². The molecule has 18 heavy (non-hydrogen) atoms. The Morgan fingerprint density at radius 1 is 1.50 bits per heavy atom. The molecule has 1 aromatic rings. The first-order chi connectivity index (χ1) is 8.23. The minimum absolute atomic E-state index is 0.0790. The molecule has 0 fully saturated rings. The summed E-state index contributed by atoms with van der Waals surface area (Å²) >= 11 is 0. The Labute approximate surface area is 109 Å². The van der Waals surface area contributed by atoms with Crippen molar-refractivity contribution >= 4 is 17.3 Å². The Balaban J connectivity index is 2.77. The Hall–Kier alpha value is -1.58. The zero-order chi connectivity index (χ0) is 13.9. The van der Waals surface area contributed by atoms with Gasteiger partial charge in [-0.2, -0.15) is 0 Å². The molecule has 0 saturated carbocycles. The number of aromatic nitrogens is 1. The number of carbonyl (C=O) groups excluding carboxylic acids is 1. The van der Waals surface area contributed by atoms with Gasteiger partial charge in [0.15, 0.2) is 0 Å². The van der Waals surface area contributed by atoms with Crippen LogP contribution in [-0.2, 0) is 4.79 Å². The molecule has 2 N–H and O–H groups in total. The maximum atomic E-state index is 12.2. The highest BCUT2D eigenvalue weighted by Gasteiger charge is 2.24. The first-order valence-electron chi connectivity index (χ1n) is 6.19. The predicted molar refractivity (Wildman–Crippen MR) is 75.3 cm³/mol. The molecule has 1 atom stereocenters. The van der Waals surface area contributed by atoms with E-state index in [-0.39, 0.29) is 11.3 Å². The van der Waals surface area contributed by atoms with Gasteiger partial charge in [0.25, 0.3) is 0 Å². The summed E-state index contributed by atoms with van der Waals surface area (Å²) in [6.07, 6.45) is 3.72. The van der Waals surface area contributed by atoms with Crippen LogP contribution in [-0.4, -0.2) is 17.9 Å². The molecule has 4 heteroatoms. The van der Waals surface area contributed by atoms with E-state index in [1.807, 2.05) is 0 Å². The molecule has 0 aliphatic heterocycles. The molecule has 0 radical (unpaired) electrons. The van der Waals surface area contributed by atoms with E-state index in [1.165, 1.54) is 0 Å². The number of anilines is 2. The van der Waals surface area contributed by atoms with Crippen LogP contribution in [0, 0.1) is 11.3 Å². The molecule has 0 bridgehead atoms. The van der Waals surface area contributed by atoms with Crippen molar-refractivity contribution in [2.75, 3.05) is 17.7 Å². The lowest BCUT2D eigenvalue weighted by atomic mass is 9.80. The SMILES string of the molecule is CC(CC(=O)N(C)c1ccncc1N)C(C)(C)C. The number of pyridine rings is 1. The summed E-state index contributed by atoms with van der Waals surface area (Å²) in [6, 6.07) is 1.76. The van der Waals surface area contributed by atoms with Crippen molar-refractivity contribution in [2.45, 2.75) is 34.1 Å². The normalized spacial score (nSPS) is 13.2. The molecule has 0 aliphatic rings. The molecule has 100 valence electrons. The van der Waals surface area contributed by atoms with Crippen LogP contribution in [0.25, 0.3) is 0 Å². The van der Waals surface area contributed by atoms with E-state index < -0.39 is 0 Å². The highest BCUT2D eigenvalue weighted by atomic mass is 16.2. The van der Waals surface area contributed by atoms with Gasteiger partial charge in [0.2, 0.25) is 5.91 Å².